The minimum atomic E-state index is -0.879. The van der Waals surface area contributed by atoms with Gasteiger partial charge in [0.2, 0.25) is 5.91 Å². The number of rotatable bonds is 7. The lowest BCUT2D eigenvalue weighted by Gasteiger charge is -2.15. The number of carbonyl (C=O) groups is 3. The van der Waals surface area contributed by atoms with E-state index in [-0.39, 0.29) is 28.8 Å². The van der Waals surface area contributed by atoms with Crippen LogP contribution in [0.4, 0.5) is 5.69 Å². The van der Waals surface area contributed by atoms with Crippen molar-refractivity contribution in [2.24, 2.45) is 11.0 Å². The molecule has 3 aromatic carbocycles. The van der Waals surface area contributed by atoms with Crippen LogP contribution in [0.3, 0.4) is 0 Å². The molecule has 3 aromatic rings. The summed E-state index contributed by atoms with van der Waals surface area (Å²) >= 11 is 0. The average molecular weight is 472 g/mol. The van der Waals surface area contributed by atoms with Crippen molar-refractivity contribution in [3.8, 4) is 5.75 Å². The van der Waals surface area contributed by atoms with E-state index >= 15 is 0 Å². The number of ether oxygens (including phenoxy) is 1. The normalized spacial score (nSPS) is 17.1. The van der Waals surface area contributed by atoms with Crippen LogP contribution in [0.25, 0.3) is 0 Å². The second kappa shape index (κ2) is 10.4. The highest BCUT2D eigenvalue weighted by Gasteiger charge is 2.40. The summed E-state index contributed by atoms with van der Waals surface area (Å²) in [7, 11) is 0. The second-order valence-corrected chi connectivity index (χ2v) is 7.74. The third-order valence-electron chi connectivity index (χ3n) is 5.48. The summed E-state index contributed by atoms with van der Waals surface area (Å²) in [6.45, 7) is 0.380. The molecule has 1 heterocycles. The molecule has 0 saturated carbocycles. The van der Waals surface area contributed by atoms with Crippen molar-refractivity contribution in [2.45, 2.75) is 5.92 Å². The Hall–Kier alpha value is -4.86. The molecule has 0 bridgehead atoms. The van der Waals surface area contributed by atoms with Gasteiger partial charge in [0.25, 0.3) is 11.6 Å². The Kier molecular flexibility index (Phi) is 6.91. The molecule has 0 spiro atoms. The molecule has 0 radical (unpaired) electrons. The van der Waals surface area contributed by atoms with Crippen molar-refractivity contribution in [1.82, 2.24) is 10.7 Å². The molecule has 0 aliphatic carbocycles. The zero-order chi connectivity index (χ0) is 24.8. The summed E-state index contributed by atoms with van der Waals surface area (Å²) in [5, 5.41) is 17.4. The van der Waals surface area contributed by atoms with Crippen molar-refractivity contribution in [3.05, 3.63) is 106 Å². The second-order valence-electron chi connectivity index (χ2n) is 7.74. The third kappa shape index (κ3) is 5.56. The van der Waals surface area contributed by atoms with Crippen molar-refractivity contribution >= 4 is 29.7 Å². The number of nitro groups is 1. The van der Waals surface area contributed by atoms with Crippen molar-refractivity contribution in [1.29, 1.82) is 0 Å². The van der Waals surface area contributed by atoms with E-state index < -0.39 is 22.7 Å². The summed E-state index contributed by atoms with van der Waals surface area (Å²) < 4.78 is 5.26. The highest BCUT2D eigenvalue weighted by Crippen LogP contribution is 2.29. The fourth-order valence-corrected chi connectivity index (χ4v) is 3.68. The average Bonchev–Trinajstić information content (AvgIpc) is 3.27. The van der Waals surface area contributed by atoms with E-state index in [2.05, 4.69) is 15.8 Å². The Labute approximate surface area is 199 Å². The maximum Gasteiger partial charge on any atom is 0.343 e. The molecule has 2 amide bonds. The van der Waals surface area contributed by atoms with Gasteiger partial charge < -0.3 is 10.1 Å². The highest BCUT2D eigenvalue weighted by atomic mass is 16.6. The lowest BCUT2D eigenvalue weighted by atomic mass is 9.88. The first kappa shape index (κ1) is 23.3. The zero-order valence-corrected chi connectivity index (χ0v) is 18.3. The van der Waals surface area contributed by atoms with Gasteiger partial charge in [-0.3, -0.25) is 19.7 Å². The molecule has 1 aliphatic rings. The Morgan fingerprint density at radius 3 is 2.37 bits per heavy atom. The number of carbonyl (C=O) groups excluding carboxylic acids is 3. The molecule has 2 N–H and O–H groups in total. The lowest BCUT2D eigenvalue weighted by Crippen LogP contribution is -2.34. The summed E-state index contributed by atoms with van der Waals surface area (Å²) in [5.41, 5.74) is 3.99. The largest absolute Gasteiger partial charge is 0.423 e. The summed E-state index contributed by atoms with van der Waals surface area (Å²) in [6, 6.07) is 20.8. The minimum absolute atomic E-state index is 0.124. The predicted octanol–water partition coefficient (Wildman–Crippen LogP) is 2.79. The van der Waals surface area contributed by atoms with Crippen LogP contribution in [0.2, 0.25) is 0 Å². The van der Waals surface area contributed by atoms with E-state index in [1.54, 1.807) is 24.3 Å². The Balaban J connectivity index is 1.33. The standard InChI is InChI=1S/C25H20N4O6/c30-23-22(21(15-26-23)17-4-2-1-3-5-17)24(31)28-27-14-16-6-12-20(13-7-16)35-25(32)18-8-10-19(11-9-18)29(33)34/h1-14,21-22H,15H2,(H,26,30)(H,28,31)/t21-,22-/m1/s1. The number of amides is 2. The molecule has 10 heteroatoms. The number of nitro benzene ring substituents is 1. The molecule has 1 fully saturated rings. The van der Waals surface area contributed by atoms with Gasteiger partial charge in [-0.2, -0.15) is 5.10 Å². The van der Waals surface area contributed by atoms with E-state index in [1.165, 1.54) is 30.5 Å². The zero-order valence-electron chi connectivity index (χ0n) is 18.3. The first-order chi connectivity index (χ1) is 16.9. The summed E-state index contributed by atoms with van der Waals surface area (Å²) in [5.74, 6) is -2.39. The minimum Gasteiger partial charge on any atom is -0.423 e. The smallest absolute Gasteiger partial charge is 0.343 e. The number of non-ortho nitro benzene ring substituents is 1. The number of benzene rings is 3. The number of nitrogens with zero attached hydrogens (tertiary/aromatic N) is 2. The fourth-order valence-electron chi connectivity index (χ4n) is 3.68. The molecule has 1 saturated heterocycles. The van der Waals surface area contributed by atoms with Gasteiger partial charge >= 0.3 is 5.97 Å². The van der Waals surface area contributed by atoms with E-state index in [0.717, 1.165) is 5.56 Å². The summed E-state index contributed by atoms with van der Waals surface area (Å²) in [6.07, 6.45) is 1.41. The molecule has 176 valence electrons. The monoisotopic (exact) mass is 472 g/mol. The van der Waals surface area contributed by atoms with Crippen molar-refractivity contribution in [3.63, 3.8) is 0 Å². The lowest BCUT2D eigenvalue weighted by molar-refractivity contribution is -0.384. The van der Waals surface area contributed by atoms with E-state index in [4.69, 9.17) is 4.74 Å². The molecule has 1 aliphatic heterocycles. The Bertz CT molecular complexity index is 1270. The first-order valence-electron chi connectivity index (χ1n) is 10.6. The first-order valence-corrected chi connectivity index (χ1v) is 10.6. The Morgan fingerprint density at radius 2 is 1.71 bits per heavy atom. The molecule has 10 nitrogen and oxygen atoms in total. The molecule has 4 rings (SSSR count). The van der Waals surface area contributed by atoms with E-state index in [1.807, 2.05) is 30.3 Å². The molecule has 0 unspecified atom stereocenters. The summed E-state index contributed by atoms with van der Waals surface area (Å²) in [4.78, 5) is 47.2. The number of nitrogens with one attached hydrogen (secondary N) is 2. The highest BCUT2D eigenvalue weighted by molar-refractivity contribution is 6.03. The van der Waals surface area contributed by atoms with Gasteiger partial charge in [0.15, 0.2) is 0 Å². The molecule has 0 aromatic heterocycles. The molecule has 2 atom stereocenters. The molecular formula is C25H20N4O6. The van der Waals surface area contributed by atoms with Gasteiger partial charge in [-0.25, -0.2) is 10.2 Å². The van der Waals surface area contributed by atoms with Gasteiger partial charge in [0, 0.05) is 24.6 Å². The number of esters is 1. The SMILES string of the molecule is O=C(Oc1ccc(C=NNC(=O)[C@H]2C(=O)NC[C@@H]2c2ccccc2)cc1)c1ccc([N+](=O)[O-])cc1. The van der Waals surface area contributed by atoms with Gasteiger partial charge in [-0.05, 0) is 47.5 Å². The number of hydrogen-bond donors (Lipinski definition) is 2. The van der Waals surface area contributed by atoms with Crippen LogP contribution in [-0.4, -0.2) is 35.5 Å². The van der Waals surface area contributed by atoms with Gasteiger partial charge in [-0.15, -0.1) is 0 Å². The van der Waals surface area contributed by atoms with Crippen LogP contribution >= 0.6 is 0 Å². The maximum atomic E-state index is 12.6. The number of hydrazone groups is 1. The van der Waals surface area contributed by atoms with Crippen LogP contribution in [-0.2, 0) is 9.59 Å². The van der Waals surface area contributed by atoms with Gasteiger partial charge in [0.05, 0.1) is 16.7 Å². The topological polar surface area (TPSA) is 140 Å². The third-order valence-corrected chi connectivity index (χ3v) is 5.48. The quantitative estimate of drug-likeness (QED) is 0.135. The van der Waals surface area contributed by atoms with Crippen molar-refractivity contribution in [2.75, 3.05) is 6.54 Å². The van der Waals surface area contributed by atoms with Crippen LogP contribution in [0, 0.1) is 16.0 Å². The maximum absolute atomic E-state index is 12.6. The van der Waals surface area contributed by atoms with Crippen LogP contribution < -0.4 is 15.5 Å². The van der Waals surface area contributed by atoms with Crippen LogP contribution in [0.1, 0.15) is 27.4 Å². The predicted molar refractivity (Wildman–Crippen MR) is 126 cm³/mol. The van der Waals surface area contributed by atoms with Crippen LogP contribution in [0.5, 0.6) is 5.75 Å². The van der Waals surface area contributed by atoms with E-state index in [0.29, 0.717) is 12.1 Å². The van der Waals surface area contributed by atoms with Gasteiger partial charge in [0.1, 0.15) is 11.7 Å². The fraction of sp³-hybridized carbons (Fsp3) is 0.120. The Morgan fingerprint density at radius 1 is 1.03 bits per heavy atom. The number of hydrogen-bond acceptors (Lipinski definition) is 7. The van der Waals surface area contributed by atoms with Crippen molar-refractivity contribution < 1.29 is 24.0 Å². The molecule has 35 heavy (non-hydrogen) atoms. The molecular weight excluding hydrogens is 452 g/mol. The van der Waals surface area contributed by atoms with Gasteiger partial charge in [-0.1, -0.05) is 30.3 Å². The van der Waals surface area contributed by atoms with Crippen LogP contribution in [0.15, 0.2) is 84.0 Å². The van der Waals surface area contributed by atoms with E-state index in [9.17, 15) is 24.5 Å².